The number of halogens is 3. The van der Waals surface area contributed by atoms with Crippen molar-refractivity contribution in [3.63, 3.8) is 0 Å². The second-order valence-electron chi connectivity index (χ2n) is 5.46. The highest BCUT2D eigenvalue weighted by Crippen LogP contribution is 2.33. The van der Waals surface area contributed by atoms with Gasteiger partial charge in [-0.2, -0.15) is 0 Å². The lowest BCUT2D eigenvalue weighted by atomic mass is 9.91. The molecule has 112 valence electrons. The maximum Gasteiger partial charge on any atom is 0.187 e. The fraction of sp³-hybridized carbons (Fsp3) is 0.429. The Hall–Kier alpha value is -0.810. The maximum atomic E-state index is 13.5. The van der Waals surface area contributed by atoms with Gasteiger partial charge in [-0.05, 0) is 0 Å². The van der Waals surface area contributed by atoms with Crippen LogP contribution in [0.15, 0.2) is 16.5 Å². The van der Waals surface area contributed by atoms with Gasteiger partial charge in [0.2, 0.25) is 0 Å². The van der Waals surface area contributed by atoms with Crippen molar-refractivity contribution in [1.82, 2.24) is 0 Å². The van der Waals surface area contributed by atoms with Gasteiger partial charge < -0.3 is 39.9 Å². The summed E-state index contributed by atoms with van der Waals surface area (Å²) < 4.78 is 19.3. The van der Waals surface area contributed by atoms with Crippen LogP contribution in [0.1, 0.15) is 17.7 Å². The lowest BCUT2D eigenvalue weighted by Gasteiger charge is -2.24. The number of furan rings is 1. The summed E-state index contributed by atoms with van der Waals surface area (Å²) in [5.41, 5.74) is 6.10. The van der Waals surface area contributed by atoms with E-state index in [1.165, 1.54) is 16.5 Å². The lowest BCUT2D eigenvalue weighted by Crippen LogP contribution is -3.10. The average Bonchev–Trinajstić information content (AvgIpc) is 2.66. The van der Waals surface area contributed by atoms with Gasteiger partial charge >= 0.3 is 0 Å². The molecule has 1 aromatic carbocycles. The highest BCUT2D eigenvalue weighted by atomic mass is 35.5. The predicted molar refractivity (Wildman–Crippen MR) is 67.3 cm³/mol. The van der Waals surface area contributed by atoms with E-state index in [4.69, 9.17) is 4.42 Å². The first-order chi connectivity index (χ1) is 8.56. The molecule has 2 aromatic rings. The Labute approximate surface area is 130 Å². The minimum atomic E-state index is -0.289. The molecule has 1 unspecified atom stereocenters. The first kappa shape index (κ1) is 17.2. The molecule has 3 rings (SSSR count). The molecule has 0 fully saturated rings. The minimum absolute atomic E-state index is 0. The fourth-order valence-corrected chi connectivity index (χ4v) is 2.84. The molecule has 1 aromatic heterocycles. The van der Waals surface area contributed by atoms with E-state index in [9.17, 15) is 4.39 Å². The molecular formula is C14H19Cl2FN2O. The van der Waals surface area contributed by atoms with Crippen molar-refractivity contribution < 1.29 is 44.3 Å². The highest BCUT2D eigenvalue weighted by Gasteiger charge is 2.28. The van der Waals surface area contributed by atoms with Gasteiger partial charge in [-0.3, -0.25) is 0 Å². The van der Waals surface area contributed by atoms with Gasteiger partial charge in [-0.1, -0.05) is 0 Å². The molecule has 0 radical (unpaired) electrons. The van der Waals surface area contributed by atoms with Gasteiger partial charge in [0.25, 0.3) is 0 Å². The van der Waals surface area contributed by atoms with E-state index in [2.05, 4.69) is 19.8 Å². The van der Waals surface area contributed by atoms with Crippen LogP contribution >= 0.6 is 0 Å². The van der Waals surface area contributed by atoms with Crippen molar-refractivity contribution in [3.8, 4) is 0 Å². The van der Waals surface area contributed by atoms with E-state index >= 15 is 0 Å². The van der Waals surface area contributed by atoms with Gasteiger partial charge in [0.1, 0.15) is 11.3 Å². The van der Waals surface area contributed by atoms with Crippen LogP contribution in [0.3, 0.4) is 0 Å². The SMILES string of the molecule is C[NH+](C)C1CCc2oc3cc(F)c([NH3+])cc3c2C1.[Cl-].[Cl-]. The Bertz CT molecular complexity index is 613. The van der Waals surface area contributed by atoms with E-state index in [1.807, 2.05) is 6.07 Å². The third kappa shape index (κ3) is 2.79. The van der Waals surface area contributed by atoms with E-state index < -0.39 is 0 Å². The first-order valence-electron chi connectivity index (χ1n) is 6.42. The summed E-state index contributed by atoms with van der Waals surface area (Å²) in [5, 5.41) is 1.04. The van der Waals surface area contributed by atoms with Crippen LogP contribution in [-0.2, 0) is 12.8 Å². The van der Waals surface area contributed by atoms with Crippen molar-refractivity contribution in [2.75, 3.05) is 14.1 Å². The number of nitrogens with one attached hydrogen (secondary N) is 1. The number of fused-ring (bicyclic) bond motifs is 3. The van der Waals surface area contributed by atoms with Crippen molar-refractivity contribution in [2.24, 2.45) is 0 Å². The van der Waals surface area contributed by atoms with Gasteiger partial charge in [-0.15, -0.1) is 0 Å². The van der Waals surface area contributed by atoms with Crippen LogP contribution in [0, 0.1) is 5.82 Å². The number of quaternary nitrogens is 2. The molecule has 0 saturated carbocycles. The zero-order chi connectivity index (χ0) is 12.9. The Kier molecular flexibility index (Phi) is 5.44. The van der Waals surface area contributed by atoms with Crippen LogP contribution in [0.4, 0.5) is 10.1 Å². The van der Waals surface area contributed by atoms with E-state index in [1.54, 1.807) is 0 Å². The average molecular weight is 321 g/mol. The molecule has 1 atom stereocenters. The van der Waals surface area contributed by atoms with Crippen molar-refractivity contribution >= 4 is 16.7 Å². The minimum Gasteiger partial charge on any atom is -1.00 e. The summed E-state index contributed by atoms with van der Waals surface area (Å²) in [6, 6.07) is 3.91. The summed E-state index contributed by atoms with van der Waals surface area (Å²) in [6.45, 7) is 0. The second kappa shape index (κ2) is 6.31. The summed E-state index contributed by atoms with van der Waals surface area (Å²) in [6.07, 6.45) is 3.10. The van der Waals surface area contributed by atoms with Crippen LogP contribution < -0.4 is 35.4 Å². The molecule has 1 heterocycles. The zero-order valence-corrected chi connectivity index (χ0v) is 13.1. The van der Waals surface area contributed by atoms with Crippen LogP contribution in [-0.4, -0.2) is 20.1 Å². The lowest BCUT2D eigenvalue weighted by molar-refractivity contribution is -0.886. The van der Waals surface area contributed by atoms with Gasteiger partial charge in [0.05, 0.1) is 20.1 Å². The predicted octanol–water partition coefficient (Wildman–Crippen LogP) is -5.54. The standard InChI is InChI=1S/C14H17FN2O.2ClH/c1-17(2)8-3-4-13-9(5-8)10-6-12(16)11(15)7-14(10)18-13;;/h6-8H,3-5,16H2,1-2H3;2*1H. The van der Waals surface area contributed by atoms with Crippen LogP contribution in [0.5, 0.6) is 0 Å². The maximum absolute atomic E-state index is 13.5. The van der Waals surface area contributed by atoms with Crippen molar-refractivity contribution in [2.45, 2.75) is 25.3 Å². The number of aryl methyl sites for hydroxylation is 1. The molecular weight excluding hydrogens is 302 g/mol. The Balaban J connectivity index is 0.000001000. The number of benzene rings is 1. The van der Waals surface area contributed by atoms with Gasteiger partial charge in [0.15, 0.2) is 11.5 Å². The number of rotatable bonds is 1. The quantitative estimate of drug-likeness (QED) is 0.541. The number of likely N-dealkylation sites (N-methyl/N-ethyl adjacent to an activating group) is 1. The highest BCUT2D eigenvalue weighted by molar-refractivity contribution is 5.85. The van der Waals surface area contributed by atoms with Crippen LogP contribution in [0.2, 0.25) is 0 Å². The topological polar surface area (TPSA) is 45.2 Å². The zero-order valence-electron chi connectivity index (χ0n) is 11.6. The molecule has 3 nitrogen and oxygen atoms in total. The molecule has 0 bridgehead atoms. The number of hydrogen-bond acceptors (Lipinski definition) is 1. The summed E-state index contributed by atoms with van der Waals surface area (Å²) >= 11 is 0. The van der Waals surface area contributed by atoms with E-state index in [0.29, 0.717) is 17.3 Å². The van der Waals surface area contributed by atoms with Crippen LogP contribution in [0.25, 0.3) is 11.0 Å². The first-order valence-corrected chi connectivity index (χ1v) is 6.42. The molecule has 0 aliphatic heterocycles. The molecule has 1 aliphatic carbocycles. The fourth-order valence-electron chi connectivity index (χ4n) is 2.84. The van der Waals surface area contributed by atoms with Crippen molar-refractivity contribution in [3.05, 3.63) is 29.3 Å². The number of hydrogen-bond donors (Lipinski definition) is 2. The third-order valence-corrected chi connectivity index (χ3v) is 4.03. The summed E-state index contributed by atoms with van der Waals surface area (Å²) in [7, 11) is 4.37. The molecule has 6 heteroatoms. The van der Waals surface area contributed by atoms with Gasteiger partial charge in [0, 0.05) is 42.3 Å². The van der Waals surface area contributed by atoms with E-state index in [0.717, 1.165) is 30.4 Å². The Morgan fingerprint density at radius 1 is 1.30 bits per heavy atom. The monoisotopic (exact) mass is 320 g/mol. The normalized spacial score (nSPS) is 17.6. The largest absolute Gasteiger partial charge is 1.00 e. The Morgan fingerprint density at radius 3 is 2.65 bits per heavy atom. The van der Waals surface area contributed by atoms with Crippen molar-refractivity contribution in [1.29, 1.82) is 0 Å². The third-order valence-electron chi connectivity index (χ3n) is 4.03. The molecule has 4 N–H and O–H groups in total. The molecule has 0 saturated heterocycles. The molecule has 0 spiro atoms. The molecule has 0 amide bonds. The Morgan fingerprint density at radius 2 is 2.00 bits per heavy atom. The van der Waals surface area contributed by atoms with E-state index in [-0.39, 0.29) is 30.6 Å². The smallest absolute Gasteiger partial charge is 0.187 e. The molecule has 1 aliphatic rings. The summed E-state index contributed by atoms with van der Waals surface area (Å²) in [5.74, 6) is 0.746. The van der Waals surface area contributed by atoms with Gasteiger partial charge in [-0.25, -0.2) is 4.39 Å². The summed E-state index contributed by atoms with van der Waals surface area (Å²) in [4.78, 5) is 1.46. The molecule has 20 heavy (non-hydrogen) atoms. The second-order valence-corrected chi connectivity index (χ2v) is 5.46.